The molecule has 1 N–H and O–H groups in total. The van der Waals surface area contributed by atoms with E-state index < -0.39 is 5.97 Å². The third-order valence-corrected chi connectivity index (χ3v) is 6.59. The van der Waals surface area contributed by atoms with Crippen LogP contribution in [0, 0.1) is 3.57 Å². The maximum absolute atomic E-state index is 11.9. The first-order chi connectivity index (χ1) is 15.9. The van der Waals surface area contributed by atoms with E-state index in [-0.39, 0.29) is 16.7 Å². The number of ether oxygens (including phenoxy) is 2. The largest absolute Gasteiger partial charge is 0.493 e. The number of carbonyl (C=O) groups is 1. The monoisotopic (exact) mass is 593 g/mol. The quantitative estimate of drug-likeness (QED) is 0.135. The van der Waals surface area contributed by atoms with Crippen molar-refractivity contribution in [1.29, 1.82) is 0 Å². The molecule has 0 fully saturated rings. The van der Waals surface area contributed by atoms with Gasteiger partial charge in [0.25, 0.3) is 5.22 Å². The summed E-state index contributed by atoms with van der Waals surface area (Å²) in [5.41, 5.74) is 2.76. The number of para-hydroxylation sites is 2. The van der Waals surface area contributed by atoms with Crippen LogP contribution >= 0.6 is 46.0 Å². The molecule has 0 unspecified atom stereocenters. The molecule has 4 rings (SSSR count). The number of fused-ring (bicyclic) bond motifs is 1. The Morgan fingerprint density at radius 3 is 2.70 bits per heavy atom. The van der Waals surface area contributed by atoms with E-state index >= 15 is 0 Å². The minimum Gasteiger partial charge on any atom is -0.493 e. The summed E-state index contributed by atoms with van der Waals surface area (Å²) < 4.78 is 17.9. The lowest BCUT2D eigenvalue weighted by molar-refractivity contribution is -0.131. The minimum atomic E-state index is -1.09. The van der Waals surface area contributed by atoms with E-state index in [0.717, 1.165) is 20.9 Å². The molecule has 168 valence electrons. The van der Waals surface area contributed by atoms with Crippen molar-refractivity contribution in [1.82, 2.24) is 4.98 Å². The highest BCUT2D eigenvalue weighted by Gasteiger charge is 2.17. The molecule has 9 heteroatoms. The molecule has 0 radical (unpaired) electrons. The van der Waals surface area contributed by atoms with Crippen LogP contribution in [0.5, 0.6) is 11.5 Å². The molecule has 3 aromatic carbocycles. The molecule has 1 heterocycles. The van der Waals surface area contributed by atoms with E-state index in [2.05, 4.69) is 27.6 Å². The number of carboxylic acid groups (broad SMARTS) is 1. The van der Waals surface area contributed by atoms with E-state index in [1.807, 2.05) is 42.5 Å². The lowest BCUT2D eigenvalue weighted by atomic mass is 10.2. The number of hydrogen-bond acceptors (Lipinski definition) is 6. The highest BCUT2D eigenvalue weighted by molar-refractivity contribution is 14.1. The lowest BCUT2D eigenvalue weighted by Crippen LogP contribution is -2.01. The number of benzene rings is 3. The van der Waals surface area contributed by atoms with E-state index in [1.165, 1.54) is 7.11 Å². The van der Waals surface area contributed by atoms with Gasteiger partial charge in [-0.15, -0.1) is 0 Å². The smallest absolute Gasteiger partial charge is 0.342 e. The fourth-order valence-corrected chi connectivity index (χ4v) is 4.72. The summed E-state index contributed by atoms with van der Waals surface area (Å²) in [5.74, 6) is -0.0502. The molecule has 1 aromatic heterocycles. The van der Waals surface area contributed by atoms with E-state index in [4.69, 9.17) is 25.5 Å². The average Bonchev–Trinajstić information content (AvgIpc) is 3.21. The molecule has 0 aliphatic rings. The zero-order valence-electron chi connectivity index (χ0n) is 17.2. The molecule has 0 aliphatic carbocycles. The summed E-state index contributed by atoms with van der Waals surface area (Å²) in [6.07, 6.45) is 1.55. The van der Waals surface area contributed by atoms with Gasteiger partial charge in [-0.2, -0.15) is 0 Å². The van der Waals surface area contributed by atoms with Gasteiger partial charge >= 0.3 is 5.97 Å². The molecule has 4 aromatic rings. The standard InChI is InChI=1S/C24H17ClINO5S/c1-30-20-11-14(10-17(26)22(20)31-13-15-6-2-3-7-16(15)25)12-21(23(28)29)33-24-27-18-8-4-5-9-19(18)32-24/h2-12H,13H2,1H3,(H,28,29)/b21-12-. The van der Waals surface area contributed by atoms with Gasteiger partial charge < -0.3 is 19.0 Å². The van der Waals surface area contributed by atoms with Crippen LogP contribution in [-0.4, -0.2) is 23.2 Å². The molecule has 0 saturated carbocycles. The molecular weight excluding hydrogens is 577 g/mol. The topological polar surface area (TPSA) is 81.8 Å². The Kier molecular flexibility index (Phi) is 7.46. The molecule has 0 spiro atoms. The van der Waals surface area contributed by atoms with Crippen molar-refractivity contribution in [3.8, 4) is 11.5 Å². The Hall–Kier alpha value is -2.69. The molecule has 0 saturated heterocycles. The molecule has 0 atom stereocenters. The van der Waals surface area contributed by atoms with Gasteiger partial charge in [0.05, 0.1) is 10.7 Å². The zero-order valence-corrected chi connectivity index (χ0v) is 21.0. The van der Waals surface area contributed by atoms with Gasteiger partial charge in [-0.1, -0.05) is 41.9 Å². The van der Waals surface area contributed by atoms with Gasteiger partial charge in [-0.3, -0.25) is 0 Å². The summed E-state index contributed by atoms with van der Waals surface area (Å²) in [6.45, 7) is 0.273. The van der Waals surface area contributed by atoms with Crippen LogP contribution in [0.4, 0.5) is 0 Å². The van der Waals surface area contributed by atoms with Crippen LogP contribution in [0.25, 0.3) is 17.2 Å². The van der Waals surface area contributed by atoms with Crippen molar-refractivity contribution >= 4 is 69.1 Å². The number of carboxylic acids is 1. The molecule has 0 amide bonds. The van der Waals surface area contributed by atoms with Crippen LogP contribution < -0.4 is 9.47 Å². The van der Waals surface area contributed by atoms with E-state index in [1.54, 1.807) is 24.3 Å². The van der Waals surface area contributed by atoms with E-state index in [0.29, 0.717) is 33.2 Å². The SMILES string of the molecule is COc1cc(/C=C(\Sc2nc3ccccc3o2)C(=O)O)cc(I)c1OCc1ccccc1Cl. The highest BCUT2D eigenvalue weighted by atomic mass is 127. The lowest BCUT2D eigenvalue weighted by Gasteiger charge is -2.14. The summed E-state index contributed by atoms with van der Waals surface area (Å²) >= 11 is 9.29. The Morgan fingerprint density at radius 1 is 1.21 bits per heavy atom. The summed E-state index contributed by atoms with van der Waals surface area (Å²) in [5, 5.41) is 10.6. The van der Waals surface area contributed by atoms with Gasteiger partial charge in [0.1, 0.15) is 17.0 Å². The first-order valence-electron chi connectivity index (χ1n) is 9.66. The van der Waals surface area contributed by atoms with Crippen molar-refractivity contribution in [2.75, 3.05) is 7.11 Å². The van der Waals surface area contributed by atoms with Crippen LogP contribution in [0.1, 0.15) is 11.1 Å². The Morgan fingerprint density at radius 2 is 1.97 bits per heavy atom. The first-order valence-corrected chi connectivity index (χ1v) is 11.9. The van der Waals surface area contributed by atoms with Gasteiger partial charge in [0.15, 0.2) is 17.1 Å². The second kappa shape index (κ2) is 10.5. The van der Waals surface area contributed by atoms with Crippen molar-refractivity contribution in [3.63, 3.8) is 0 Å². The molecule has 6 nitrogen and oxygen atoms in total. The maximum Gasteiger partial charge on any atom is 0.342 e. The Bertz CT molecular complexity index is 1320. The number of hydrogen-bond donors (Lipinski definition) is 1. The summed E-state index contributed by atoms with van der Waals surface area (Å²) in [7, 11) is 1.53. The number of nitrogens with zero attached hydrogens (tertiary/aromatic N) is 1. The molecule has 0 aliphatic heterocycles. The fourth-order valence-electron chi connectivity index (χ4n) is 3.00. The van der Waals surface area contributed by atoms with Crippen molar-refractivity contribution < 1.29 is 23.8 Å². The Balaban J connectivity index is 1.60. The normalized spacial score (nSPS) is 11.5. The summed E-state index contributed by atoms with van der Waals surface area (Å²) in [4.78, 5) is 16.3. The van der Waals surface area contributed by atoms with E-state index in [9.17, 15) is 9.90 Å². The highest BCUT2D eigenvalue weighted by Crippen LogP contribution is 2.37. The van der Waals surface area contributed by atoms with Gasteiger partial charge in [-0.05, 0) is 76.3 Å². The molecular formula is C24H17ClINO5S. The second-order valence-electron chi connectivity index (χ2n) is 6.78. The van der Waals surface area contributed by atoms with Gasteiger partial charge in [0.2, 0.25) is 0 Å². The third-order valence-electron chi connectivity index (χ3n) is 4.56. The number of methoxy groups -OCH3 is 1. The van der Waals surface area contributed by atoms with Crippen molar-refractivity contribution in [2.24, 2.45) is 0 Å². The number of thioether (sulfide) groups is 1. The van der Waals surface area contributed by atoms with Crippen LogP contribution in [0.2, 0.25) is 5.02 Å². The van der Waals surface area contributed by atoms with Gasteiger partial charge in [-0.25, -0.2) is 9.78 Å². The summed E-state index contributed by atoms with van der Waals surface area (Å²) in [6, 6.07) is 18.3. The number of rotatable bonds is 8. The fraction of sp³-hybridized carbons (Fsp3) is 0.0833. The number of aliphatic carboxylic acids is 1. The first kappa shape index (κ1) is 23.5. The Labute approximate surface area is 212 Å². The number of halogens is 2. The molecule has 33 heavy (non-hydrogen) atoms. The predicted octanol–water partition coefficient (Wildman–Crippen LogP) is 6.89. The molecule has 0 bridgehead atoms. The zero-order chi connectivity index (χ0) is 23.4. The van der Waals surface area contributed by atoms with Crippen LogP contribution in [-0.2, 0) is 11.4 Å². The number of aromatic nitrogens is 1. The van der Waals surface area contributed by atoms with Crippen LogP contribution in [0.3, 0.4) is 0 Å². The van der Waals surface area contributed by atoms with Crippen LogP contribution in [0.15, 0.2) is 75.2 Å². The number of oxazole rings is 1. The minimum absolute atomic E-state index is 0.0594. The van der Waals surface area contributed by atoms with Crippen molar-refractivity contribution in [2.45, 2.75) is 11.8 Å². The maximum atomic E-state index is 11.9. The van der Waals surface area contributed by atoms with Gasteiger partial charge in [0, 0.05) is 10.6 Å². The van der Waals surface area contributed by atoms with Crippen molar-refractivity contribution in [3.05, 3.63) is 85.3 Å². The average molecular weight is 594 g/mol. The third kappa shape index (κ3) is 5.63. The second-order valence-corrected chi connectivity index (χ2v) is 9.34. The predicted molar refractivity (Wildman–Crippen MR) is 137 cm³/mol.